The molecule has 1 aliphatic rings. The zero-order valence-electron chi connectivity index (χ0n) is 11.2. The van der Waals surface area contributed by atoms with Crippen LogP contribution in [-0.4, -0.2) is 37.0 Å². The van der Waals surface area contributed by atoms with Crippen LogP contribution < -0.4 is 14.8 Å². The third kappa shape index (κ3) is 2.76. The molecule has 0 radical (unpaired) electrons. The highest BCUT2D eigenvalue weighted by atomic mass is 16.5. The van der Waals surface area contributed by atoms with Crippen molar-refractivity contribution in [3.05, 3.63) is 23.8 Å². The number of aliphatic hydroxyl groups excluding tert-OH is 1. The van der Waals surface area contributed by atoms with E-state index in [1.54, 1.807) is 7.05 Å². The third-order valence-electron chi connectivity index (χ3n) is 3.12. The average Bonchev–Trinajstić information content (AvgIpc) is 2.65. The van der Waals surface area contributed by atoms with Crippen LogP contribution in [-0.2, 0) is 6.42 Å². The molecule has 1 atom stereocenters. The average molecular weight is 251 g/mol. The smallest absolute Gasteiger partial charge is 0.165 e. The number of benzene rings is 1. The zero-order valence-corrected chi connectivity index (χ0v) is 11.2. The van der Waals surface area contributed by atoms with Crippen LogP contribution in [0.5, 0.6) is 11.5 Å². The van der Waals surface area contributed by atoms with Crippen molar-refractivity contribution in [2.75, 3.05) is 20.3 Å². The molecule has 2 N–H and O–H groups in total. The molecular weight excluding hydrogens is 230 g/mol. The number of hydrogen-bond donors (Lipinski definition) is 2. The van der Waals surface area contributed by atoms with Crippen LogP contribution >= 0.6 is 0 Å². The molecule has 1 heterocycles. The quantitative estimate of drug-likeness (QED) is 0.829. The third-order valence-corrected chi connectivity index (χ3v) is 3.12. The highest BCUT2D eigenvalue weighted by molar-refractivity contribution is 5.50. The summed E-state index contributed by atoms with van der Waals surface area (Å²) in [6.45, 7) is 4.62. The van der Waals surface area contributed by atoms with Crippen LogP contribution in [0.15, 0.2) is 18.2 Å². The second kappa shape index (κ2) is 5.16. The first-order valence-electron chi connectivity index (χ1n) is 6.27. The Morgan fingerprint density at radius 3 is 2.94 bits per heavy atom. The molecular formula is C14H21NO3. The van der Waals surface area contributed by atoms with Gasteiger partial charge in [0, 0.05) is 12.0 Å². The van der Waals surface area contributed by atoms with E-state index in [9.17, 15) is 0 Å². The Morgan fingerprint density at radius 2 is 2.28 bits per heavy atom. The lowest BCUT2D eigenvalue weighted by molar-refractivity contribution is 0.128. The van der Waals surface area contributed by atoms with E-state index >= 15 is 0 Å². The lowest BCUT2D eigenvalue weighted by Gasteiger charge is -2.19. The Labute approximate surface area is 108 Å². The van der Waals surface area contributed by atoms with E-state index in [2.05, 4.69) is 25.2 Å². The highest BCUT2D eigenvalue weighted by Gasteiger charge is 2.32. The lowest BCUT2D eigenvalue weighted by Crippen LogP contribution is -2.35. The molecule has 1 aliphatic heterocycles. The van der Waals surface area contributed by atoms with Crippen LogP contribution in [0.2, 0.25) is 0 Å². The fourth-order valence-corrected chi connectivity index (χ4v) is 2.12. The van der Waals surface area contributed by atoms with Crippen LogP contribution in [0, 0.1) is 0 Å². The van der Waals surface area contributed by atoms with Gasteiger partial charge < -0.3 is 19.9 Å². The Bertz CT molecular complexity index is 414. The molecule has 100 valence electrons. The maximum absolute atomic E-state index is 9.11. The van der Waals surface area contributed by atoms with Gasteiger partial charge in [0.25, 0.3) is 0 Å². The van der Waals surface area contributed by atoms with Crippen molar-refractivity contribution in [1.29, 1.82) is 0 Å². The molecule has 18 heavy (non-hydrogen) atoms. The zero-order chi connectivity index (χ0) is 13.2. The second-order valence-corrected chi connectivity index (χ2v) is 5.26. The van der Waals surface area contributed by atoms with Crippen molar-refractivity contribution in [3.8, 4) is 11.5 Å². The van der Waals surface area contributed by atoms with Crippen molar-refractivity contribution in [2.24, 2.45) is 0 Å². The largest absolute Gasteiger partial charge is 0.488 e. The summed E-state index contributed by atoms with van der Waals surface area (Å²) in [5.74, 6) is 1.60. The summed E-state index contributed by atoms with van der Waals surface area (Å²) in [6.07, 6.45) is 0.898. The van der Waals surface area contributed by atoms with Gasteiger partial charge in [-0.05, 0) is 27.0 Å². The fourth-order valence-electron chi connectivity index (χ4n) is 2.12. The highest BCUT2D eigenvalue weighted by Crippen LogP contribution is 2.41. The van der Waals surface area contributed by atoms with E-state index in [-0.39, 0.29) is 18.2 Å². The van der Waals surface area contributed by atoms with E-state index in [0.717, 1.165) is 17.9 Å². The SMILES string of the molecule is CNC(CO)COc1cccc2c1OC(C)(C)C2. The number of likely N-dealkylation sites (N-methyl/N-ethyl adjacent to an activating group) is 1. The minimum atomic E-state index is -0.165. The number of nitrogens with one attached hydrogen (secondary N) is 1. The minimum Gasteiger partial charge on any atom is -0.488 e. The molecule has 0 fully saturated rings. The van der Waals surface area contributed by atoms with Crippen molar-refractivity contribution in [2.45, 2.75) is 31.9 Å². The molecule has 0 aromatic heterocycles. The van der Waals surface area contributed by atoms with Gasteiger partial charge in [0.1, 0.15) is 12.2 Å². The van der Waals surface area contributed by atoms with E-state index in [0.29, 0.717) is 6.61 Å². The summed E-state index contributed by atoms with van der Waals surface area (Å²) in [5, 5.41) is 12.1. The number of aliphatic hydroxyl groups is 1. The monoisotopic (exact) mass is 251 g/mol. The van der Waals surface area contributed by atoms with Gasteiger partial charge in [-0.15, -0.1) is 0 Å². The molecule has 4 heteroatoms. The maximum atomic E-state index is 9.11. The molecule has 0 bridgehead atoms. The molecule has 0 saturated carbocycles. The van der Waals surface area contributed by atoms with Crippen LogP contribution in [0.1, 0.15) is 19.4 Å². The summed E-state index contributed by atoms with van der Waals surface area (Å²) in [5.41, 5.74) is 1.02. The van der Waals surface area contributed by atoms with Crippen molar-refractivity contribution >= 4 is 0 Å². The number of para-hydroxylation sites is 1. The molecule has 1 aromatic carbocycles. The van der Waals surface area contributed by atoms with Gasteiger partial charge in [0.05, 0.1) is 12.6 Å². The molecule has 1 aromatic rings. The van der Waals surface area contributed by atoms with Gasteiger partial charge in [0.15, 0.2) is 11.5 Å². The van der Waals surface area contributed by atoms with Gasteiger partial charge in [-0.3, -0.25) is 0 Å². The van der Waals surface area contributed by atoms with Crippen LogP contribution in [0.3, 0.4) is 0 Å². The van der Waals surface area contributed by atoms with Crippen LogP contribution in [0.25, 0.3) is 0 Å². The van der Waals surface area contributed by atoms with Crippen molar-refractivity contribution in [1.82, 2.24) is 5.32 Å². The molecule has 0 spiro atoms. The van der Waals surface area contributed by atoms with E-state index in [1.807, 2.05) is 12.1 Å². The van der Waals surface area contributed by atoms with Gasteiger partial charge in [0.2, 0.25) is 0 Å². The molecule has 1 unspecified atom stereocenters. The molecule has 4 nitrogen and oxygen atoms in total. The van der Waals surface area contributed by atoms with Crippen LogP contribution in [0.4, 0.5) is 0 Å². The molecule has 0 amide bonds. The molecule has 2 rings (SSSR count). The predicted molar refractivity (Wildman–Crippen MR) is 70.3 cm³/mol. The number of fused-ring (bicyclic) bond motifs is 1. The Kier molecular flexibility index (Phi) is 3.78. The second-order valence-electron chi connectivity index (χ2n) is 5.26. The van der Waals surface area contributed by atoms with Crippen molar-refractivity contribution in [3.63, 3.8) is 0 Å². The van der Waals surface area contributed by atoms with E-state index in [4.69, 9.17) is 14.6 Å². The van der Waals surface area contributed by atoms with E-state index < -0.39 is 0 Å². The summed E-state index contributed by atoms with van der Waals surface area (Å²) in [4.78, 5) is 0. The topological polar surface area (TPSA) is 50.7 Å². The number of rotatable bonds is 5. The fraction of sp³-hybridized carbons (Fsp3) is 0.571. The summed E-state index contributed by atoms with van der Waals surface area (Å²) < 4.78 is 11.7. The summed E-state index contributed by atoms with van der Waals surface area (Å²) >= 11 is 0. The first kappa shape index (κ1) is 13.2. The Hall–Kier alpha value is -1.26. The van der Waals surface area contributed by atoms with Gasteiger partial charge in [-0.25, -0.2) is 0 Å². The predicted octanol–water partition coefficient (Wildman–Crippen LogP) is 1.36. The first-order chi connectivity index (χ1) is 8.55. The standard InChI is InChI=1S/C14H21NO3/c1-14(2)7-10-5-4-6-12(13(10)18-14)17-9-11(8-16)15-3/h4-6,11,15-16H,7-9H2,1-3H3. The van der Waals surface area contributed by atoms with Gasteiger partial charge >= 0.3 is 0 Å². The molecule has 0 saturated heterocycles. The number of hydrogen-bond acceptors (Lipinski definition) is 4. The van der Waals surface area contributed by atoms with Crippen molar-refractivity contribution < 1.29 is 14.6 Å². The maximum Gasteiger partial charge on any atom is 0.165 e. The first-order valence-corrected chi connectivity index (χ1v) is 6.27. The Morgan fingerprint density at radius 1 is 1.50 bits per heavy atom. The van der Waals surface area contributed by atoms with Gasteiger partial charge in [-0.1, -0.05) is 12.1 Å². The molecule has 0 aliphatic carbocycles. The summed E-state index contributed by atoms with van der Waals surface area (Å²) in [7, 11) is 1.80. The Balaban J connectivity index is 2.10. The lowest BCUT2D eigenvalue weighted by atomic mass is 10.0. The van der Waals surface area contributed by atoms with E-state index in [1.165, 1.54) is 5.56 Å². The summed E-state index contributed by atoms with van der Waals surface area (Å²) in [6, 6.07) is 5.89. The minimum absolute atomic E-state index is 0.0534. The normalized spacial score (nSPS) is 18.0. The van der Waals surface area contributed by atoms with Gasteiger partial charge in [-0.2, -0.15) is 0 Å². The number of ether oxygens (including phenoxy) is 2.